The van der Waals surface area contributed by atoms with E-state index in [0.717, 1.165) is 55.2 Å². The molecular formula is C48H28FN3O. The van der Waals surface area contributed by atoms with E-state index in [2.05, 4.69) is 159 Å². The molecule has 4 aromatic heterocycles. The van der Waals surface area contributed by atoms with E-state index in [1.807, 2.05) is 6.07 Å². The number of benzene rings is 8. The number of hydrogen-bond acceptors (Lipinski definition) is 1. The van der Waals surface area contributed by atoms with Gasteiger partial charge in [-0.25, -0.2) is 4.39 Å². The van der Waals surface area contributed by atoms with Crippen LogP contribution in [0.4, 0.5) is 4.39 Å². The Morgan fingerprint density at radius 2 is 0.642 bits per heavy atom. The zero-order valence-corrected chi connectivity index (χ0v) is 28.3. The van der Waals surface area contributed by atoms with Crippen LogP contribution in [0.5, 0.6) is 0 Å². The summed E-state index contributed by atoms with van der Waals surface area (Å²) in [7, 11) is 0. The molecule has 0 aliphatic carbocycles. The van der Waals surface area contributed by atoms with E-state index in [1.54, 1.807) is 12.1 Å². The van der Waals surface area contributed by atoms with Gasteiger partial charge >= 0.3 is 0 Å². The van der Waals surface area contributed by atoms with E-state index in [0.29, 0.717) is 5.58 Å². The molecule has 12 rings (SSSR count). The van der Waals surface area contributed by atoms with Crippen LogP contribution in [0.1, 0.15) is 0 Å². The number of para-hydroxylation sites is 4. The number of aromatic nitrogens is 3. The lowest BCUT2D eigenvalue weighted by Crippen LogP contribution is -1.96. The fraction of sp³-hybridized carbons (Fsp3) is 0. The highest BCUT2D eigenvalue weighted by Gasteiger charge is 2.19. The minimum atomic E-state index is -0.280. The summed E-state index contributed by atoms with van der Waals surface area (Å²) in [6, 6.07) is 59.1. The first-order valence-electron chi connectivity index (χ1n) is 17.9. The Bertz CT molecular complexity index is 3210. The first-order valence-corrected chi connectivity index (χ1v) is 17.9. The largest absolute Gasteiger partial charge is 0.456 e. The second-order valence-electron chi connectivity index (χ2n) is 13.9. The molecule has 0 unspecified atom stereocenters. The number of nitrogens with zero attached hydrogens (tertiary/aromatic N) is 3. The van der Waals surface area contributed by atoms with E-state index >= 15 is 0 Å². The third kappa shape index (κ3) is 3.93. The predicted molar refractivity (Wildman–Crippen MR) is 217 cm³/mol. The molecule has 4 nitrogen and oxygen atoms in total. The lowest BCUT2D eigenvalue weighted by Gasteiger charge is -2.11. The summed E-state index contributed by atoms with van der Waals surface area (Å²) in [6.45, 7) is 0. The maximum Gasteiger partial charge on any atom is 0.135 e. The molecule has 0 spiro atoms. The monoisotopic (exact) mass is 681 g/mol. The lowest BCUT2D eigenvalue weighted by molar-refractivity contribution is 0.626. The summed E-state index contributed by atoms with van der Waals surface area (Å²) in [4.78, 5) is 0. The summed E-state index contributed by atoms with van der Waals surface area (Å²) in [5.41, 5.74) is 11.5. The highest BCUT2D eigenvalue weighted by Crippen LogP contribution is 2.40. The first-order chi connectivity index (χ1) is 26.2. The molecule has 0 aliphatic heterocycles. The van der Waals surface area contributed by atoms with Crippen LogP contribution in [-0.4, -0.2) is 13.7 Å². The van der Waals surface area contributed by atoms with Crippen LogP contribution in [0.2, 0.25) is 0 Å². The van der Waals surface area contributed by atoms with Gasteiger partial charge < -0.3 is 18.1 Å². The molecule has 0 aliphatic rings. The van der Waals surface area contributed by atoms with Crippen molar-refractivity contribution in [2.75, 3.05) is 0 Å². The van der Waals surface area contributed by atoms with Gasteiger partial charge in [-0.2, -0.15) is 0 Å². The number of hydrogen-bond donors (Lipinski definition) is 0. The van der Waals surface area contributed by atoms with Crippen molar-refractivity contribution >= 4 is 87.4 Å². The zero-order valence-electron chi connectivity index (χ0n) is 28.3. The second kappa shape index (κ2) is 10.5. The third-order valence-corrected chi connectivity index (χ3v) is 11.1. The normalized spacial score (nSPS) is 12.2. The van der Waals surface area contributed by atoms with Gasteiger partial charge in [-0.05, 0) is 97.1 Å². The lowest BCUT2D eigenvalue weighted by atomic mass is 10.1. The van der Waals surface area contributed by atoms with E-state index in [-0.39, 0.29) is 5.82 Å². The van der Waals surface area contributed by atoms with E-state index in [1.165, 1.54) is 49.7 Å². The van der Waals surface area contributed by atoms with Gasteiger partial charge in [-0.3, -0.25) is 0 Å². The molecule has 4 heterocycles. The predicted octanol–water partition coefficient (Wildman–Crippen LogP) is 13.0. The number of fused-ring (bicyclic) bond motifs is 12. The molecule has 0 radical (unpaired) electrons. The molecule has 0 bridgehead atoms. The Morgan fingerprint density at radius 1 is 0.302 bits per heavy atom. The van der Waals surface area contributed by atoms with Crippen molar-refractivity contribution in [3.8, 4) is 17.1 Å². The van der Waals surface area contributed by atoms with Gasteiger partial charge in [-0.15, -0.1) is 0 Å². The summed E-state index contributed by atoms with van der Waals surface area (Å²) >= 11 is 0. The molecule has 53 heavy (non-hydrogen) atoms. The molecule has 5 heteroatoms. The Balaban J connectivity index is 1.18. The number of halogens is 1. The molecule has 0 amide bonds. The SMILES string of the molecule is Fc1ccc2oc3ccc(-n4c5ccc(-n6c7ccccc7c7ccccc76)cc5c5cc(-n6c7ccccc7c7ccccc76)ccc54)cc3c2c1. The van der Waals surface area contributed by atoms with Crippen LogP contribution < -0.4 is 0 Å². The van der Waals surface area contributed by atoms with Gasteiger partial charge in [0, 0.05) is 60.2 Å². The average Bonchev–Trinajstić information content (AvgIpc) is 3.93. The molecule has 248 valence electrons. The highest BCUT2D eigenvalue weighted by atomic mass is 19.1. The van der Waals surface area contributed by atoms with Crippen molar-refractivity contribution in [2.24, 2.45) is 0 Å². The first kappa shape index (κ1) is 28.6. The Labute approximate surface area is 301 Å². The van der Waals surface area contributed by atoms with Crippen molar-refractivity contribution < 1.29 is 8.81 Å². The number of rotatable bonds is 3. The Kier molecular flexibility index (Phi) is 5.64. The molecule has 12 aromatic rings. The molecule has 0 atom stereocenters. The molecule has 0 N–H and O–H groups in total. The van der Waals surface area contributed by atoms with Gasteiger partial charge in [0.1, 0.15) is 17.0 Å². The molecule has 0 fully saturated rings. The summed E-state index contributed by atoms with van der Waals surface area (Å²) in [6.07, 6.45) is 0. The van der Waals surface area contributed by atoms with Gasteiger partial charge in [0.05, 0.1) is 33.1 Å². The summed E-state index contributed by atoms with van der Waals surface area (Å²) < 4.78 is 27.7. The maximum absolute atomic E-state index is 14.5. The van der Waals surface area contributed by atoms with Gasteiger partial charge in [-0.1, -0.05) is 72.8 Å². The van der Waals surface area contributed by atoms with Crippen molar-refractivity contribution in [1.82, 2.24) is 13.7 Å². The molecule has 8 aromatic carbocycles. The highest BCUT2D eigenvalue weighted by molar-refractivity contribution is 6.14. The van der Waals surface area contributed by atoms with Gasteiger partial charge in [0.25, 0.3) is 0 Å². The standard InChI is InChI=1S/C48H28FN3O/c49-29-17-23-47-39(25-29)40-28-32(20-24-48(40)53-47)52-45-21-18-30(50-41-13-5-1-9-33(41)34-10-2-6-14-42(34)50)26-37(45)38-27-31(19-22-46(38)52)51-43-15-7-3-11-35(43)36-12-4-8-16-44(36)51/h1-28H. The van der Waals surface area contributed by atoms with Crippen LogP contribution in [0.15, 0.2) is 174 Å². The fourth-order valence-electron chi connectivity index (χ4n) is 8.83. The topological polar surface area (TPSA) is 27.9 Å². The van der Waals surface area contributed by atoms with Crippen LogP contribution in [0, 0.1) is 5.82 Å². The summed E-state index contributed by atoms with van der Waals surface area (Å²) in [5.74, 6) is -0.280. The summed E-state index contributed by atoms with van der Waals surface area (Å²) in [5, 5.41) is 8.87. The van der Waals surface area contributed by atoms with Crippen molar-refractivity contribution in [1.29, 1.82) is 0 Å². The molecule has 0 saturated heterocycles. The number of furan rings is 1. The average molecular weight is 682 g/mol. The van der Waals surface area contributed by atoms with E-state index < -0.39 is 0 Å². The molecule has 0 saturated carbocycles. The minimum Gasteiger partial charge on any atom is -0.456 e. The van der Waals surface area contributed by atoms with Crippen molar-refractivity contribution in [3.05, 3.63) is 176 Å². The fourth-order valence-corrected chi connectivity index (χ4v) is 8.83. The second-order valence-corrected chi connectivity index (χ2v) is 13.9. The van der Waals surface area contributed by atoms with Crippen LogP contribution in [-0.2, 0) is 0 Å². The van der Waals surface area contributed by atoms with Gasteiger partial charge in [0.2, 0.25) is 0 Å². The maximum atomic E-state index is 14.5. The van der Waals surface area contributed by atoms with Gasteiger partial charge in [0.15, 0.2) is 0 Å². The van der Waals surface area contributed by atoms with Crippen LogP contribution in [0.25, 0.3) is 104 Å². The zero-order chi connectivity index (χ0) is 34.8. The smallest absolute Gasteiger partial charge is 0.135 e. The van der Waals surface area contributed by atoms with Crippen molar-refractivity contribution in [3.63, 3.8) is 0 Å². The minimum absolute atomic E-state index is 0.280. The third-order valence-electron chi connectivity index (χ3n) is 11.1. The Morgan fingerprint density at radius 3 is 1.09 bits per heavy atom. The van der Waals surface area contributed by atoms with Crippen molar-refractivity contribution in [2.45, 2.75) is 0 Å². The van der Waals surface area contributed by atoms with E-state index in [4.69, 9.17) is 4.42 Å². The van der Waals surface area contributed by atoms with Crippen LogP contribution >= 0.6 is 0 Å². The quantitative estimate of drug-likeness (QED) is 0.182. The Hall–Kier alpha value is -7.11. The van der Waals surface area contributed by atoms with Crippen LogP contribution in [0.3, 0.4) is 0 Å². The molecular weight excluding hydrogens is 654 g/mol. The van der Waals surface area contributed by atoms with E-state index in [9.17, 15) is 4.39 Å².